The molecule has 3 N–H and O–H groups in total. The Morgan fingerprint density at radius 3 is 2.59 bits per heavy atom. The first-order valence-electron chi connectivity index (χ1n) is 11.5. The molecule has 0 aromatic heterocycles. The van der Waals surface area contributed by atoms with E-state index in [-0.39, 0.29) is 23.3 Å². The number of benzene rings is 1. The highest BCUT2D eigenvalue weighted by atomic mass is 32.2. The first kappa shape index (κ1) is 23.2. The average Bonchev–Trinajstić information content (AvgIpc) is 3.56. The van der Waals surface area contributed by atoms with Crippen molar-refractivity contribution in [2.45, 2.75) is 56.0 Å². The van der Waals surface area contributed by atoms with Gasteiger partial charge >= 0.3 is 0 Å². The van der Waals surface area contributed by atoms with Gasteiger partial charge < -0.3 is 15.5 Å². The second-order valence-electron chi connectivity index (χ2n) is 8.90. The van der Waals surface area contributed by atoms with Gasteiger partial charge in [0.2, 0.25) is 21.8 Å². The molecule has 2 saturated heterocycles. The minimum absolute atomic E-state index is 0.00738. The van der Waals surface area contributed by atoms with Crippen LogP contribution in [0.5, 0.6) is 0 Å². The number of rotatable bonds is 7. The number of sulfonamides is 1. The van der Waals surface area contributed by atoms with Gasteiger partial charge in [-0.15, -0.1) is 0 Å². The monoisotopic (exact) mass is 463 g/mol. The third kappa shape index (κ3) is 4.83. The van der Waals surface area contributed by atoms with Crippen molar-refractivity contribution >= 4 is 27.5 Å². The highest BCUT2D eigenvalue weighted by Crippen LogP contribution is 2.30. The predicted molar refractivity (Wildman–Crippen MR) is 122 cm³/mol. The van der Waals surface area contributed by atoms with E-state index >= 15 is 0 Å². The first-order valence-corrected chi connectivity index (χ1v) is 13.0. The van der Waals surface area contributed by atoms with E-state index < -0.39 is 16.1 Å². The molecule has 0 unspecified atom stereocenters. The molecule has 0 spiro atoms. The van der Waals surface area contributed by atoms with E-state index in [2.05, 4.69) is 9.62 Å². The van der Waals surface area contributed by atoms with Gasteiger partial charge in [-0.1, -0.05) is 6.07 Å². The standard InChI is InChI=1S/C22H33N5O4S/c1-16-19(27-12-3-7-21(27)28)5-2-6-20(16)32(30,31)24-18(15-23)22(29)26-11-4-10-25(13-14-26)17-8-9-17/h2,5-6,17-18,24H,3-4,7-15,23H2,1H3/t18-/m0/s1. The van der Waals surface area contributed by atoms with E-state index in [1.807, 2.05) is 0 Å². The van der Waals surface area contributed by atoms with Crippen LogP contribution in [0.2, 0.25) is 0 Å². The Kier molecular flexibility index (Phi) is 6.85. The van der Waals surface area contributed by atoms with Gasteiger partial charge in [-0.05, 0) is 50.3 Å². The van der Waals surface area contributed by atoms with E-state index in [9.17, 15) is 18.0 Å². The molecule has 9 nitrogen and oxygen atoms in total. The predicted octanol–water partition coefficient (Wildman–Crippen LogP) is 0.424. The van der Waals surface area contributed by atoms with Crippen molar-refractivity contribution in [3.05, 3.63) is 23.8 Å². The van der Waals surface area contributed by atoms with Gasteiger partial charge in [-0.25, -0.2) is 8.42 Å². The first-order chi connectivity index (χ1) is 15.3. The summed E-state index contributed by atoms with van der Waals surface area (Å²) in [6.07, 6.45) is 4.54. The van der Waals surface area contributed by atoms with Crippen molar-refractivity contribution in [1.82, 2.24) is 14.5 Å². The molecule has 1 atom stereocenters. The molecule has 3 fully saturated rings. The molecule has 2 heterocycles. The molecule has 176 valence electrons. The lowest BCUT2D eigenvalue weighted by Crippen LogP contribution is -2.52. The molecule has 4 rings (SSSR count). The summed E-state index contributed by atoms with van der Waals surface area (Å²) in [6, 6.07) is 4.50. The summed E-state index contributed by atoms with van der Waals surface area (Å²) in [5, 5.41) is 0. The van der Waals surface area contributed by atoms with Gasteiger partial charge in [-0.3, -0.25) is 14.5 Å². The van der Waals surface area contributed by atoms with Crippen LogP contribution in [-0.2, 0) is 19.6 Å². The third-order valence-electron chi connectivity index (χ3n) is 6.65. The topological polar surface area (TPSA) is 116 Å². The number of carbonyl (C=O) groups excluding carboxylic acids is 2. The number of hydrogen-bond donors (Lipinski definition) is 2. The molecule has 0 bridgehead atoms. The van der Waals surface area contributed by atoms with Crippen LogP contribution in [0, 0.1) is 6.92 Å². The van der Waals surface area contributed by atoms with Gasteiger partial charge in [0.15, 0.2) is 0 Å². The van der Waals surface area contributed by atoms with Crippen molar-refractivity contribution in [2.75, 3.05) is 44.2 Å². The van der Waals surface area contributed by atoms with Crippen LogP contribution in [0.3, 0.4) is 0 Å². The number of nitrogens with one attached hydrogen (secondary N) is 1. The van der Waals surface area contributed by atoms with Gasteiger partial charge in [0.1, 0.15) is 6.04 Å². The Bertz CT molecular complexity index is 979. The molecule has 10 heteroatoms. The second-order valence-corrected chi connectivity index (χ2v) is 10.6. The minimum Gasteiger partial charge on any atom is -0.340 e. The van der Waals surface area contributed by atoms with Crippen LogP contribution in [0.25, 0.3) is 0 Å². The molecule has 32 heavy (non-hydrogen) atoms. The lowest BCUT2D eigenvalue weighted by Gasteiger charge is -2.27. The molecular formula is C22H33N5O4S. The second kappa shape index (κ2) is 9.46. The Balaban J connectivity index is 1.49. The van der Waals surface area contributed by atoms with Crippen molar-refractivity contribution in [3.8, 4) is 0 Å². The number of nitrogens with two attached hydrogens (primary N) is 1. The third-order valence-corrected chi connectivity index (χ3v) is 8.26. The summed E-state index contributed by atoms with van der Waals surface area (Å²) in [5.74, 6) is -0.288. The van der Waals surface area contributed by atoms with Crippen molar-refractivity contribution in [1.29, 1.82) is 0 Å². The average molecular weight is 464 g/mol. The van der Waals surface area contributed by atoms with Gasteiger partial charge in [0.25, 0.3) is 0 Å². The number of hydrogen-bond acceptors (Lipinski definition) is 6. The van der Waals surface area contributed by atoms with Gasteiger partial charge in [0, 0.05) is 57.4 Å². The quantitative estimate of drug-likeness (QED) is 0.606. The summed E-state index contributed by atoms with van der Waals surface area (Å²) in [6.45, 7) is 5.11. The van der Waals surface area contributed by atoms with Crippen LogP contribution >= 0.6 is 0 Å². The fraction of sp³-hybridized carbons (Fsp3) is 0.636. The fourth-order valence-electron chi connectivity index (χ4n) is 4.72. The van der Waals surface area contributed by atoms with E-state index in [0.29, 0.717) is 43.3 Å². The molecule has 2 amide bonds. The molecule has 1 aromatic rings. The smallest absolute Gasteiger partial charge is 0.242 e. The Morgan fingerprint density at radius 1 is 1.16 bits per heavy atom. The maximum atomic E-state index is 13.2. The summed E-state index contributed by atoms with van der Waals surface area (Å²) >= 11 is 0. The van der Waals surface area contributed by atoms with Crippen LogP contribution in [0.15, 0.2) is 23.1 Å². The zero-order valence-corrected chi connectivity index (χ0v) is 19.4. The van der Waals surface area contributed by atoms with Crippen LogP contribution < -0.4 is 15.4 Å². The summed E-state index contributed by atoms with van der Waals surface area (Å²) in [5.41, 5.74) is 6.93. The van der Waals surface area contributed by atoms with Crippen LogP contribution in [0.1, 0.15) is 37.7 Å². The molecule has 1 saturated carbocycles. The van der Waals surface area contributed by atoms with Crippen LogP contribution in [-0.4, -0.2) is 81.4 Å². The fourth-order valence-corrected chi connectivity index (χ4v) is 6.19. The Labute approximate surface area is 190 Å². The highest BCUT2D eigenvalue weighted by molar-refractivity contribution is 7.89. The summed E-state index contributed by atoms with van der Waals surface area (Å²) in [7, 11) is -4.00. The van der Waals surface area contributed by atoms with E-state index in [4.69, 9.17) is 5.73 Å². The molecule has 3 aliphatic rings. The van der Waals surface area contributed by atoms with Gasteiger partial charge in [0.05, 0.1) is 4.90 Å². The molecular weight excluding hydrogens is 430 g/mol. The van der Waals surface area contributed by atoms with Crippen LogP contribution in [0.4, 0.5) is 5.69 Å². The lowest BCUT2D eigenvalue weighted by molar-refractivity contribution is -0.132. The SMILES string of the molecule is Cc1c(N2CCCC2=O)cccc1S(=O)(=O)N[C@@H](CN)C(=O)N1CCCN(C2CC2)CC1. The highest BCUT2D eigenvalue weighted by Gasteiger charge is 2.34. The van der Waals surface area contributed by atoms with E-state index in [1.165, 1.54) is 18.9 Å². The molecule has 1 aromatic carbocycles. The maximum Gasteiger partial charge on any atom is 0.242 e. The number of anilines is 1. The zero-order valence-electron chi connectivity index (χ0n) is 18.6. The lowest BCUT2D eigenvalue weighted by atomic mass is 10.2. The minimum atomic E-state index is -4.00. The Hall–Kier alpha value is -2.01. The van der Waals surface area contributed by atoms with Crippen molar-refractivity contribution in [3.63, 3.8) is 0 Å². The molecule has 0 radical (unpaired) electrons. The zero-order chi connectivity index (χ0) is 22.9. The summed E-state index contributed by atoms with van der Waals surface area (Å²) < 4.78 is 29.0. The molecule has 1 aliphatic carbocycles. The number of carbonyl (C=O) groups is 2. The molecule has 2 aliphatic heterocycles. The number of amides is 2. The van der Waals surface area contributed by atoms with Crippen molar-refractivity contribution < 1.29 is 18.0 Å². The van der Waals surface area contributed by atoms with E-state index in [0.717, 1.165) is 25.9 Å². The largest absolute Gasteiger partial charge is 0.340 e. The van der Waals surface area contributed by atoms with E-state index in [1.54, 1.807) is 28.9 Å². The number of nitrogens with zero attached hydrogens (tertiary/aromatic N) is 3. The Morgan fingerprint density at radius 2 is 1.94 bits per heavy atom. The summed E-state index contributed by atoms with van der Waals surface area (Å²) in [4.78, 5) is 31.1. The normalized spacial score (nSPS) is 21.6. The van der Waals surface area contributed by atoms with Gasteiger partial charge in [-0.2, -0.15) is 4.72 Å². The maximum absolute atomic E-state index is 13.2. The van der Waals surface area contributed by atoms with Crippen molar-refractivity contribution in [2.24, 2.45) is 5.73 Å².